The van der Waals surface area contributed by atoms with Gasteiger partial charge in [0.1, 0.15) is 0 Å². The van der Waals surface area contributed by atoms with Crippen molar-refractivity contribution >= 4 is 5.95 Å². The third-order valence-corrected chi connectivity index (χ3v) is 3.73. The van der Waals surface area contributed by atoms with Crippen molar-refractivity contribution in [3.05, 3.63) is 17.0 Å². The summed E-state index contributed by atoms with van der Waals surface area (Å²) in [6.45, 7) is 11.7. The summed E-state index contributed by atoms with van der Waals surface area (Å²) in [4.78, 5) is 11.6. The maximum absolute atomic E-state index is 5.38. The minimum Gasteiger partial charge on any atom is -0.378 e. The molecule has 2 rings (SSSR count). The Labute approximate surface area is 121 Å². The Balaban J connectivity index is 2.03. The van der Waals surface area contributed by atoms with Crippen molar-refractivity contribution in [1.82, 2.24) is 15.3 Å². The average molecular weight is 278 g/mol. The molecule has 0 atom stereocenters. The number of anilines is 1. The van der Waals surface area contributed by atoms with Gasteiger partial charge in [-0.15, -0.1) is 0 Å². The van der Waals surface area contributed by atoms with Gasteiger partial charge in [0.15, 0.2) is 0 Å². The fourth-order valence-corrected chi connectivity index (χ4v) is 2.56. The molecule has 0 saturated carbocycles. The summed E-state index contributed by atoms with van der Waals surface area (Å²) in [6, 6.07) is 0. The molecule has 5 heteroatoms. The highest BCUT2D eigenvalue weighted by Gasteiger charge is 2.16. The van der Waals surface area contributed by atoms with E-state index in [9.17, 15) is 0 Å². The van der Waals surface area contributed by atoms with E-state index in [1.54, 1.807) is 0 Å². The van der Waals surface area contributed by atoms with Gasteiger partial charge in [-0.3, -0.25) is 0 Å². The Morgan fingerprint density at radius 3 is 2.40 bits per heavy atom. The molecule has 20 heavy (non-hydrogen) atoms. The van der Waals surface area contributed by atoms with E-state index in [4.69, 9.17) is 14.7 Å². The molecule has 0 unspecified atom stereocenters. The number of hydrogen-bond donors (Lipinski definition) is 1. The SMILES string of the molecule is CCNCCCc1c(C)nc(N2CCOCC2)nc1C. The van der Waals surface area contributed by atoms with Gasteiger partial charge in [-0.05, 0) is 45.3 Å². The van der Waals surface area contributed by atoms with Gasteiger partial charge in [0.25, 0.3) is 0 Å². The predicted molar refractivity (Wildman–Crippen MR) is 81.4 cm³/mol. The van der Waals surface area contributed by atoms with Gasteiger partial charge in [0.2, 0.25) is 5.95 Å². The maximum Gasteiger partial charge on any atom is 0.225 e. The van der Waals surface area contributed by atoms with E-state index in [-0.39, 0.29) is 0 Å². The molecular weight excluding hydrogens is 252 g/mol. The van der Waals surface area contributed by atoms with Crippen LogP contribution < -0.4 is 10.2 Å². The molecule has 112 valence electrons. The molecule has 2 heterocycles. The topological polar surface area (TPSA) is 50.3 Å². The number of aromatic nitrogens is 2. The number of rotatable bonds is 6. The van der Waals surface area contributed by atoms with Gasteiger partial charge in [-0.25, -0.2) is 9.97 Å². The normalized spacial score (nSPS) is 15.7. The van der Waals surface area contributed by atoms with Crippen LogP contribution in [0, 0.1) is 13.8 Å². The van der Waals surface area contributed by atoms with Crippen molar-refractivity contribution in [3.63, 3.8) is 0 Å². The van der Waals surface area contributed by atoms with Gasteiger partial charge in [-0.1, -0.05) is 6.92 Å². The van der Waals surface area contributed by atoms with E-state index in [1.165, 1.54) is 5.56 Å². The molecule has 1 fully saturated rings. The van der Waals surface area contributed by atoms with Crippen molar-refractivity contribution in [3.8, 4) is 0 Å². The summed E-state index contributed by atoms with van der Waals surface area (Å²) in [6.07, 6.45) is 2.18. The minimum atomic E-state index is 0.770. The van der Waals surface area contributed by atoms with Crippen molar-refractivity contribution in [2.24, 2.45) is 0 Å². The number of morpholine rings is 1. The van der Waals surface area contributed by atoms with Crippen molar-refractivity contribution in [1.29, 1.82) is 0 Å². The molecule has 1 aromatic rings. The van der Waals surface area contributed by atoms with E-state index < -0.39 is 0 Å². The zero-order valence-corrected chi connectivity index (χ0v) is 12.9. The van der Waals surface area contributed by atoms with Gasteiger partial charge >= 0.3 is 0 Å². The number of nitrogens with zero attached hydrogens (tertiary/aromatic N) is 3. The standard InChI is InChI=1S/C15H26N4O/c1-4-16-7-5-6-14-12(2)17-15(18-13(14)3)19-8-10-20-11-9-19/h16H,4-11H2,1-3H3. The van der Waals surface area contributed by atoms with Crippen molar-refractivity contribution in [2.45, 2.75) is 33.6 Å². The second kappa shape index (κ2) is 7.55. The van der Waals surface area contributed by atoms with Crippen LogP contribution in [0.15, 0.2) is 0 Å². The van der Waals surface area contributed by atoms with Crippen LogP contribution in [-0.4, -0.2) is 49.4 Å². The molecule has 0 bridgehead atoms. The fourth-order valence-electron chi connectivity index (χ4n) is 2.56. The summed E-state index contributed by atoms with van der Waals surface area (Å²) < 4.78 is 5.38. The van der Waals surface area contributed by atoms with E-state index in [2.05, 4.69) is 31.0 Å². The zero-order chi connectivity index (χ0) is 14.4. The average Bonchev–Trinajstić information content (AvgIpc) is 2.46. The summed E-state index contributed by atoms with van der Waals surface area (Å²) in [5.74, 6) is 0.860. The number of hydrogen-bond acceptors (Lipinski definition) is 5. The van der Waals surface area contributed by atoms with Crippen LogP contribution in [0.2, 0.25) is 0 Å². The fraction of sp³-hybridized carbons (Fsp3) is 0.733. The highest BCUT2D eigenvalue weighted by molar-refractivity contribution is 5.37. The monoisotopic (exact) mass is 278 g/mol. The highest BCUT2D eigenvalue weighted by Crippen LogP contribution is 2.17. The molecule has 0 aliphatic carbocycles. The van der Waals surface area contributed by atoms with E-state index in [0.29, 0.717) is 0 Å². The second-order valence-corrected chi connectivity index (χ2v) is 5.23. The largest absolute Gasteiger partial charge is 0.378 e. The maximum atomic E-state index is 5.38. The van der Waals surface area contributed by atoms with Crippen LogP contribution in [0.25, 0.3) is 0 Å². The summed E-state index contributed by atoms with van der Waals surface area (Å²) in [5.41, 5.74) is 3.55. The molecule has 1 aromatic heterocycles. The lowest BCUT2D eigenvalue weighted by molar-refractivity contribution is 0.122. The van der Waals surface area contributed by atoms with Gasteiger partial charge < -0.3 is 15.0 Å². The molecule has 1 saturated heterocycles. The molecule has 5 nitrogen and oxygen atoms in total. The predicted octanol–water partition coefficient (Wildman–Crippen LogP) is 1.47. The van der Waals surface area contributed by atoms with E-state index >= 15 is 0 Å². The third kappa shape index (κ3) is 3.90. The first-order chi connectivity index (χ1) is 9.72. The quantitative estimate of drug-likeness (QED) is 0.799. The highest BCUT2D eigenvalue weighted by atomic mass is 16.5. The van der Waals surface area contributed by atoms with Crippen LogP contribution in [0.4, 0.5) is 5.95 Å². The second-order valence-electron chi connectivity index (χ2n) is 5.23. The lowest BCUT2D eigenvalue weighted by Gasteiger charge is -2.27. The van der Waals surface area contributed by atoms with Crippen LogP contribution in [0.1, 0.15) is 30.3 Å². The smallest absolute Gasteiger partial charge is 0.225 e. The molecular formula is C15H26N4O. The Morgan fingerprint density at radius 1 is 1.15 bits per heavy atom. The minimum absolute atomic E-state index is 0.770. The molecule has 0 aromatic carbocycles. The number of aryl methyl sites for hydroxylation is 2. The Bertz CT molecular complexity index is 407. The summed E-state index contributed by atoms with van der Waals surface area (Å²) in [7, 11) is 0. The summed E-state index contributed by atoms with van der Waals surface area (Å²) in [5, 5.41) is 3.36. The molecule has 1 aliphatic heterocycles. The van der Waals surface area contributed by atoms with E-state index in [0.717, 1.165) is 69.6 Å². The molecule has 0 amide bonds. The molecule has 1 N–H and O–H groups in total. The first-order valence-electron chi connectivity index (χ1n) is 7.60. The van der Waals surface area contributed by atoms with Crippen LogP contribution in [0.3, 0.4) is 0 Å². The number of ether oxygens (including phenoxy) is 1. The third-order valence-electron chi connectivity index (χ3n) is 3.73. The lowest BCUT2D eigenvalue weighted by atomic mass is 10.1. The van der Waals surface area contributed by atoms with Gasteiger partial charge in [0, 0.05) is 24.5 Å². The van der Waals surface area contributed by atoms with Crippen molar-refractivity contribution < 1.29 is 4.74 Å². The first kappa shape index (κ1) is 15.2. The first-order valence-corrected chi connectivity index (χ1v) is 7.60. The molecule has 0 spiro atoms. The Hall–Kier alpha value is -1.20. The van der Waals surface area contributed by atoms with Crippen molar-refractivity contribution in [2.75, 3.05) is 44.3 Å². The Morgan fingerprint density at radius 2 is 1.80 bits per heavy atom. The molecule has 1 aliphatic rings. The van der Waals surface area contributed by atoms with Gasteiger partial charge in [0.05, 0.1) is 13.2 Å². The summed E-state index contributed by atoms with van der Waals surface area (Å²) >= 11 is 0. The lowest BCUT2D eigenvalue weighted by Crippen LogP contribution is -2.37. The van der Waals surface area contributed by atoms with Crippen LogP contribution in [0.5, 0.6) is 0 Å². The van der Waals surface area contributed by atoms with E-state index in [1.807, 2.05) is 0 Å². The molecule has 0 radical (unpaired) electrons. The Kier molecular flexibility index (Phi) is 5.73. The number of nitrogens with one attached hydrogen (secondary N) is 1. The van der Waals surface area contributed by atoms with Crippen LogP contribution >= 0.6 is 0 Å². The van der Waals surface area contributed by atoms with Gasteiger partial charge in [-0.2, -0.15) is 0 Å². The zero-order valence-electron chi connectivity index (χ0n) is 12.9. The van der Waals surface area contributed by atoms with Crippen LogP contribution in [-0.2, 0) is 11.2 Å².